The lowest BCUT2D eigenvalue weighted by Gasteiger charge is -2.35. The Morgan fingerprint density at radius 1 is 1.26 bits per heavy atom. The number of hydrogen-bond acceptors (Lipinski definition) is 5. The first-order valence-corrected chi connectivity index (χ1v) is 10.1. The summed E-state index contributed by atoms with van der Waals surface area (Å²) >= 11 is 0. The fraction of sp³-hybridized carbons (Fsp3) is 0.556. The Morgan fingerprint density at radius 3 is 2.37 bits per heavy atom. The van der Waals surface area contributed by atoms with E-state index in [-0.39, 0.29) is 17.3 Å². The average Bonchev–Trinajstić information content (AvgIpc) is 2.88. The molecule has 148 valence electrons. The average molecular weight is 403 g/mol. The van der Waals surface area contributed by atoms with Crippen molar-refractivity contribution in [2.75, 3.05) is 5.75 Å². The van der Waals surface area contributed by atoms with Crippen LogP contribution >= 0.6 is 0 Å². The van der Waals surface area contributed by atoms with Gasteiger partial charge in [-0.3, -0.25) is 9.08 Å². The molecule has 27 heavy (non-hydrogen) atoms. The SMILES string of the molecule is CC1(C)C2CCC1(CS(=O)(=O)O/N=C(/c1ccccc1)C(F)(F)F)C(=O)C2. The van der Waals surface area contributed by atoms with E-state index in [1.807, 2.05) is 13.8 Å². The first-order valence-electron chi connectivity index (χ1n) is 8.54. The number of oxime groups is 1. The van der Waals surface area contributed by atoms with Gasteiger partial charge in [-0.25, -0.2) is 0 Å². The summed E-state index contributed by atoms with van der Waals surface area (Å²) in [5, 5.41) is 2.92. The number of hydrogen-bond donors (Lipinski definition) is 0. The monoisotopic (exact) mass is 403 g/mol. The maximum atomic E-state index is 13.3. The quantitative estimate of drug-likeness (QED) is 0.555. The van der Waals surface area contributed by atoms with Gasteiger partial charge in [-0.05, 0) is 24.2 Å². The molecule has 0 heterocycles. The van der Waals surface area contributed by atoms with E-state index in [1.54, 1.807) is 0 Å². The summed E-state index contributed by atoms with van der Waals surface area (Å²) in [6.07, 6.45) is -3.49. The normalized spacial score (nSPS) is 27.8. The molecule has 0 spiro atoms. The van der Waals surface area contributed by atoms with Crippen molar-refractivity contribution in [2.45, 2.75) is 39.3 Å². The van der Waals surface area contributed by atoms with Gasteiger partial charge in [0.25, 0.3) is 0 Å². The lowest BCUT2D eigenvalue weighted by atomic mass is 9.70. The van der Waals surface area contributed by atoms with Gasteiger partial charge in [-0.1, -0.05) is 49.3 Å². The van der Waals surface area contributed by atoms with Gasteiger partial charge in [0.1, 0.15) is 11.5 Å². The van der Waals surface area contributed by atoms with Crippen molar-refractivity contribution in [2.24, 2.45) is 21.9 Å². The largest absolute Gasteiger partial charge is 0.437 e. The topological polar surface area (TPSA) is 72.8 Å². The highest BCUT2D eigenvalue weighted by Gasteiger charge is 2.65. The first-order chi connectivity index (χ1) is 12.4. The zero-order chi connectivity index (χ0) is 20.1. The Labute approximate surface area is 155 Å². The molecule has 9 heteroatoms. The van der Waals surface area contributed by atoms with Crippen LogP contribution in [0.5, 0.6) is 0 Å². The molecule has 3 rings (SSSR count). The number of rotatable bonds is 5. The minimum absolute atomic E-state index is 0.0822. The Hall–Kier alpha value is -1.90. The van der Waals surface area contributed by atoms with E-state index in [1.165, 1.54) is 18.2 Å². The van der Waals surface area contributed by atoms with Crippen LogP contribution in [0.4, 0.5) is 13.2 Å². The van der Waals surface area contributed by atoms with Crippen LogP contribution in [0.3, 0.4) is 0 Å². The van der Waals surface area contributed by atoms with E-state index >= 15 is 0 Å². The van der Waals surface area contributed by atoms with Crippen LogP contribution < -0.4 is 0 Å². The highest BCUT2D eigenvalue weighted by molar-refractivity contribution is 7.86. The maximum Gasteiger partial charge on any atom is 0.437 e. The standard InChI is InChI=1S/C18H20F3NO4S/c1-16(2)13-8-9-17(16,14(23)10-13)11-27(24,25)26-22-15(18(19,20)21)12-6-4-3-5-7-12/h3-7,13H,8-11H2,1-2H3/b22-15-. The van der Waals surface area contributed by atoms with Gasteiger partial charge in [-0.2, -0.15) is 21.6 Å². The predicted molar refractivity (Wildman–Crippen MR) is 92.5 cm³/mol. The van der Waals surface area contributed by atoms with E-state index in [0.717, 1.165) is 18.6 Å². The fourth-order valence-corrected chi connectivity index (χ4v) is 5.92. The minimum Gasteiger partial charge on any atom is -0.299 e. The summed E-state index contributed by atoms with van der Waals surface area (Å²) in [5.41, 5.74) is -3.42. The zero-order valence-electron chi connectivity index (χ0n) is 14.9. The number of benzene rings is 1. The maximum absolute atomic E-state index is 13.3. The molecule has 0 saturated heterocycles. The molecular formula is C18H20F3NO4S. The van der Waals surface area contributed by atoms with Crippen molar-refractivity contribution >= 4 is 21.6 Å². The third-order valence-corrected chi connectivity index (χ3v) is 7.27. The predicted octanol–water partition coefficient (Wildman–Crippen LogP) is 3.69. The van der Waals surface area contributed by atoms with Crippen LogP contribution in [0.2, 0.25) is 0 Å². The molecule has 2 fully saturated rings. The number of halogens is 3. The van der Waals surface area contributed by atoms with E-state index in [4.69, 9.17) is 0 Å². The van der Waals surface area contributed by atoms with Gasteiger partial charge in [0.2, 0.25) is 0 Å². The van der Waals surface area contributed by atoms with Gasteiger partial charge in [0.05, 0.1) is 5.41 Å². The Balaban J connectivity index is 1.88. The second-order valence-electron chi connectivity index (χ2n) is 7.75. The second-order valence-corrected chi connectivity index (χ2v) is 9.30. The Morgan fingerprint density at radius 2 is 1.89 bits per heavy atom. The van der Waals surface area contributed by atoms with Crippen LogP contribution in [0.25, 0.3) is 0 Å². The summed E-state index contributed by atoms with van der Waals surface area (Å²) in [7, 11) is -4.48. The highest BCUT2D eigenvalue weighted by Crippen LogP contribution is 2.64. The number of nitrogens with zero attached hydrogens (tertiary/aromatic N) is 1. The molecule has 0 aromatic heterocycles. The van der Waals surface area contributed by atoms with Crippen molar-refractivity contribution in [3.8, 4) is 0 Å². The highest BCUT2D eigenvalue weighted by atomic mass is 32.2. The molecule has 2 aliphatic carbocycles. The van der Waals surface area contributed by atoms with Gasteiger partial charge in [0.15, 0.2) is 5.71 Å². The Kier molecular flexibility index (Phi) is 4.65. The smallest absolute Gasteiger partial charge is 0.299 e. The summed E-state index contributed by atoms with van der Waals surface area (Å²) in [5.74, 6) is -0.746. The number of fused-ring (bicyclic) bond motifs is 2. The number of alkyl halides is 3. The molecule has 2 unspecified atom stereocenters. The molecule has 0 N–H and O–H groups in total. The lowest BCUT2D eigenvalue weighted by Crippen LogP contribution is -2.42. The van der Waals surface area contributed by atoms with Crippen LogP contribution in [0.15, 0.2) is 35.5 Å². The fourth-order valence-electron chi connectivity index (χ4n) is 4.39. The Bertz CT molecular complexity index is 878. The molecule has 1 aromatic carbocycles. The van der Waals surface area contributed by atoms with Gasteiger partial charge < -0.3 is 0 Å². The number of ketones is 1. The van der Waals surface area contributed by atoms with E-state index in [2.05, 4.69) is 9.44 Å². The van der Waals surface area contributed by atoms with Gasteiger partial charge in [0, 0.05) is 12.0 Å². The number of Topliss-reactive ketones (excluding diaryl/α,β-unsaturated/α-hetero) is 1. The van der Waals surface area contributed by atoms with Gasteiger partial charge in [-0.15, -0.1) is 0 Å². The van der Waals surface area contributed by atoms with Crippen LogP contribution in [0.1, 0.15) is 38.7 Å². The second kappa shape index (κ2) is 6.32. The summed E-state index contributed by atoms with van der Waals surface area (Å²) < 4.78 is 69.0. The van der Waals surface area contributed by atoms with E-state index < -0.39 is 38.6 Å². The van der Waals surface area contributed by atoms with Crippen LogP contribution in [-0.2, 0) is 19.2 Å². The zero-order valence-corrected chi connectivity index (χ0v) is 15.7. The molecular weight excluding hydrogens is 383 g/mol. The molecule has 2 saturated carbocycles. The first kappa shape index (κ1) is 19.9. The molecule has 5 nitrogen and oxygen atoms in total. The van der Waals surface area contributed by atoms with Crippen molar-refractivity contribution in [3.63, 3.8) is 0 Å². The summed E-state index contributed by atoms with van der Waals surface area (Å²) in [6, 6.07) is 6.60. The van der Waals surface area contributed by atoms with E-state index in [9.17, 15) is 26.4 Å². The molecule has 0 amide bonds. The molecule has 2 atom stereocenters. The van der Waals surface area contributed by atoms with Crippen molar-refractivity contribution in [1.29, 1.82) is 0 Å². The minimum atomic E-state index is -4.89. The van der Waals surface area contributed by atoms with Crippen LogP contribution in [0, 0.1) is 16.7 Å². The molecule has 0 aliphatic heterocycles. The molecule has 2 aliphatic rings. The molecule has 0 radical (unpaired) electrons. The van der Waals surface area contributed by atoms with Crippen molar-refractivity contribution in [3.05, 3.63) is 35.9 Å². The number of carbonyl (C=O) groups excluding carboxylic acids is 1. The molecule has 2 bridgehead atoms. The molecule has 1 aromatic rings. The summed E-state index contributed by atoms with van der Waals surface area (Å²) in [4.78, 5) is 12.4. The summed E-state index contributed by atoms with van der Waals surface area (Å²) in [6.45, 7) is 3.67. The number of carbonyl (C=O) groups is 1. The van der Waals surface area contributed by atoms with Crippen LogP contribution in [-0.4, -0.2) is 31.8 Å². The van der Waals surface area contributed by atoms with Crippen molar-refractivity contribution in [1.82, 2.24) is 0 Å². The van der Waals surface area contributed by atoms with Gasteiger partial charge >= 0.3 is 16.3 Å². The third kappa shape index (κ3) is 3.37. The van der Waals surface area contributed by atoms with Crippen molar-refractivity contribution < 1.29 is 30.7 Å². The van der Waals surface area contributed by atoms with E-state index in [0.29, 0.717) is 12.8 Å². The third-order valence-electron chi connectivity index (χ3n) is 6.12. The lowest BCUT2D eigenvalue weighted by molar-refractivity contribution is -0.128.